The molecule has 2 rings (SSSR count). The van der Waals surface area contributed by atoms with Gasteiger partial charge in [0.05, 0.1) is 7.11 Å². The van der Waals surface area contributed by atoms with E-state index in [1.807, 2.05) is 29.2 Å². The molecular weight excluding hydrogens is 290 g/mol. The number of amides is 2. The second kappa shape index (κ2) is 7.68. The summed E-state index contributed by atoms with van der Waals surface area (Å²) in [6, 6.07) is 8.01. The summed E-state index contributed by atoms with van der Waals surface area (Å²) in [7, 11) is 1.66. The predicted octanol–water partition coefficient (Wildman–Crippen LogP) is 2.36. The zero-order valence-corrected chi connectivity index (χ0v) is 14.8. The quantitative estimate of drug-likeness (QED) is 0.926. The maximum Gasteiger partial charge on any atom is 0.317 e. The highest BCUT2D eigenvalue weighted by molar-refractivity contribution is 5.74. The van der Waals surface area contributed by atoms with Gasteiger partial charge in [-0.2, -0.15) is 0 Å². The van der Waals surface area contributed by atoms with Gasteiger partial charge >= 0.3 is 6.03 Å². The van der Waals surface area contributed by atoms with Crippen molar-refractivity contribution in [1.29, 1.82) is 0 Å². The minimum Gasteiger partial charge on any atom is -0.497 e. The van der Waals surface area contributed by atoms with Crippen LogP contribution in [0.15, 0.2) is 24.3 Å². The molecule has 0 radical (unpaired) electrons. The highest BCUT2D eigenvalue weighted by Gasteiger charge is 2.27. The number of carbonyl (C=O) groups is 1. The van der Waals surface area contributed by atoms with Crippen molar-refractivity contribution < 1.29 is 9.53 Å². The van der Waals surface area contributed by atoms with Crippen LogP contribution in [0.1, 0.15) is 26.3 Å². The average molecular weight is 319 g/mol. The Morgan fingerprint density at radius 2 is 1.74 bits per heavy atom. The third-order valence-electron chi connectivity index (χ3n) is 4.36. The van der Waals surface area contributed by atoms with Crippen LogP contribution in [0, 0.1) is 0 Å². The number of hydrogen-bond donors (Lipinski definition) is 1. The monoisotopic (exact) mass is 319 g/mol. The minimum atomic E-state index is 0.0482. The molecule has 0 aliphatic carbocycles. The normalized spacial score (nSPS) is 16.3. The van der Waals surface area contributed by atoms with Crippen LogP contribution >= 0.6 is 0 Å². The molecule has 0 saturated carbocycles. The number of ether oxygens (including phenoxy) is 1. The van der Waals surface area contributed by atoms with Crippen molar-refractivity contribution in [3.05, 3.63) is 29.8 Å². The molecule has 0 bridgehead atoms. The molecule has 1 heterocycles. The molecule has 1 aliphatic rings. The Morgan fingerprint density at radius 3 is 2.26 bits per heavy atom. The predicted molar refractivity (Wildman–Crippen MR) is 93.0 cm³/mol. The molecule has 2 amide bonds. The van der Waals surface area contributed by atoms with Crippen molar-refractivity contribution in [3.8, 4) is 5.75 Å². The summed E-state index contributed by atoms with van der Waals surface area (Å²) in [6.45, 7) is 10.8. The highest BCUT2D eigenvalue weighted by atomic mass is 16.5. The molecule has 0 spiro atoms. The lowest BCUT2D eigenvalue weighted by molar-refractivity contribution is 0.0744. The molecule has 1 aromatic carbocycles. The van der Waals surface area contributed by atoms with Crippen LogP contribution in [-0.2, 0) is 6.42 Å². The second-order valence-electron chi connectivity index (χ2n) is 6.97. The number of rotatable bonds is 4. The van der Waals surface area contributed by atoms with Crippen LogP contribution in [0.25, 0.3) is 0 Å². The van der Waals surface area contributed by atoms with Gasteiger partial charge in [-0.15, -0.1) is 0 Å². The van der Waals surface area contributed by atoms with Crippen molar-refractivity contribution in [2.24, 2.45) is 0 Å². The molecule has 5 heteroatoms. The van der Waals surface area contributed by atoms with Crippen LogP contribution in [-0.4, -0.2) is 61.2 Å². The van der Waals surface area contributed by atoms with Crippen LogP contribution in [0.2, 0.25) is 0 Å². The lowest BCUT2D eigenvalue weighted by atomic mass is 10.1. The Kier molecular flexibility index (Phi) is 5.88. The van der Waals surface area contributed by atoms with E-state index < -0.39 is 0 Å². The molecule has 1 saturated heterocycles. The molecule has 128 valence electrons. The van der Waals surface area contributed by atoms with Crippen molar-refractivity contribution in [2.45, 2.75) is 32.7 Å². The van der Waals surface area contributed by atoms with Gasteiger partial charge in [0.2, 0.25) is 0 Å². The summed E-state index contributed by atoms with van der Waals surface area (Å²) < 4.78 is 5.14. The fourth-order valence-electron chi connectivity index (χ4n) is 2.80. The van der Waals surface area contributed by atoms with Crippen molar-refractivity contribution in [2.75, 3.05) is 39.8 Å². The molecule has 1 aromatic rings. The number of hydrogen-bond acceptors (Lipinski definition) is 3. The lowest BCUT2D eigenvalue weighted by Gasteiger charge is -2.42. The Labute approximate surface area is 139 Å². The zero-order chi connectivity index (χ0) is 16.9. The number of methoxy groups -OCH3 is 1. The SMILES string of the molecule is COc1ccc(CCNC(=O)N2CCN(C(C)(C)C)CC2)cc1. The fraction of sp³-hybridized carbons (Fsp3) is 0.611. The van der Waals surface area contributed by atoms with E-state index in [0.717, 1.165) is 38.3 Å². The first kappa shape index (κ1) is 17.6. The molecule has 23 heavy (non-hydrogen) atoms. The summed E-state index contributed by atoms with van der Waals surface area (Å²) in [6.07, 6.45) is 0.831. The van der Waals surface area contributed by atoms with Crippen LogP contribution in [0.4, 0.5) is 4.79 Å². The smallest absolute Gasteiger partial charge is 0.317 e. The molecule has 1 aliphatic heterocycles. The van der Waals surface area contributed by atoms with Gasteiger partial charge in [-0.1, -0.05) is 12.1 Å². The van der Waals surface area contributed by atoms with Crippen LogP contribution < -0.4 is 10.1 Å². The van der Waals surface area contributed by atoms with E-state index in [1.54, 1.807) is 7.11 Å². The van der Waals surface area contributed by atoms with Gasteiger partial charge in [0.25, 0.3) is 0 Å². The van der Waals surface area contributed by atoms with Gasteiger partial charge in [-0.05, 0) is 44.9 Å². The fourth-order valence-corrected chi connectivity index (χ4v) is 2.80. The van der Waals surface area contributed by atoms with Gasteiger partial charge in [-0.25, -0.2) is 4.79 Å². The van der Waals surface area contributed by atoms with E-state index in [9.17, 15) is 4.79 Å². The zero-order valence-electron chi connectivity index (χ0n) is 14.8. The first-order valence-electron chi connectivity index (χ1n) is 8.31. The number of benzene rings is 1. The Balaban J connectivity index is 1.71. The van der Waals surface area contributed by atoms with Gasteiger partial charge < -0.3 is 15.0 Å². The lowest BCUT2D eigenvalue weighted by Crippen LogP contribution is -2.56. The molecular formula is C18H29N3O2. The third-order valence-corrected chi connectivity index (χ3v) is 4.36. The van der Waals surface area contributed by atoms with Gasteiger partial charge in [0.15, 0.2) is 0 Å². The standard InChI is InChI=1S/C18H29N3O2/c1-18(2,3)21-13-11-20(12-14-21)17(22)19-10-9-15-5-7-16(23-4)8-6-15/h5-8H,9-14H2,1-4H3,(H,19,22). The van der Waals surface area contributed by atoms with E-state index in [-0.39, 0.29) is 11.6 Å². The molecule has 1 N–H and O–H groups in total. The maximum atomic E-state index is 12.2. The molecule has 5 nitrogen and oxygen atoms in total. The number of nitrogens with zero attached hydrogens (tertiary/aromatic N) is 2. The highest BCUT2D eigenvalue weighted by Crippen LogP contribution is 2.15. The van der Waals surface area contributed by atoms with Gasteiger partial charge in [0, 0.05) is 38.3 Å². The number of piperazine rings is 1. The largest absolute Gasteiger partial charge is 0.497 e. The van der Waals surface area contributed by atoms with E-state index >= 15 is 0 Å². The van der Waals surface area contributed by atoms with Crippen LogP contribution in [0.3, 0.4) is 0 Å². The summed E-state index contributed by atoms with van der Waals surface area (Å²) in [5.74, 6) is 0.856. The molecule has 1 fully saturated rings. The topological polar surface area (TPSA) is 44.8 Å². The number of carbonyl (C=O) groups excluding carboxylic acids is 1. The summed E-state index contributed by atoms with van der Waals surface area (Å²) in [5, 5.41) is 3.02. The van der Waals surface area contributed by atoms with Crippen molar-refractivity contribution in [3.63, 3.8) is 0 Å². The van der Waals surface area contributed by atoms with E-state index in [2.05, 4.69) is 31.0 Å². The first-order chi connectivity index (χ1) is 10.9. The molecule has 0 unspecified atom stereocenters. The summed E-state index contributed by atoms with van der Waals surface area (Å²) in [5.41, 5.74) is 1.38. The van der Waals surface area contributed by atoms with E-state index in [4.69, 9.17) is 4.74 Å². The van der Waals surface area contributed by atoms with E-state index in [1.165, 1.54) is 5.56 Å². The molecule has 0 atom stereocenters. The Hall–Kier alpha value is -1.75. The average Bonchev–Trinajstić information content (AvgIpc) is 2.54. The van der Waals surface area contributed by atoms with Crippen molar-refractivity contribution >= 4 is 6.03 Å². The van der Waals surface area contributed by atoms with E-state index in [0.29, 0.717) is 6.54 Å². The summed E-state index contributed by atoms with van der Waals surface area (Å²) >= 11 is 0. The van der Waals surface area contributed by atoms with Crippen molar-refractivity contribution in [1.82, 2.24) is 15.1 Å². The summed E-state index contributed by atoms with van der Waals surface area (Å²) in [4.78, 5) is 16.6. The third kappa shape index (κ3) is 5.13. The van der Waals surface area contributed by atoms with Crippen LogP contribution in [0.5, 0.6) is 5.75 Å². The Bertz CT molecular complexity index is 500. The van der Waals surface area contributed by atoms with Gasteiger partial charge in [-0.3, -0.25) is 4.90 Å². The first-order valence-corrected chi connectivity index (χ1v) is 8.31. The second-order valence-corrected chi connectivity index (χ2v) is 6.97. The minimum absolute atomic E-state index is 0.0482. The molecule has 0 aromatic heterocycles. The maximum absolute atomic E-state index is 12.2. The number of urea groups is 1. The number of nitrogens with one attached hydrogen (secondary N) is 1. The van der Waals surface area contributed by atoms with Gasteiger partial charge in [0.1, 0.15) is 5.75 Å². The Morgan fingerprint density at radius 1 is 1.13 bits per heavy atom.